The minimum Gasteiger partial charge on any atom is -0.351 e. The summed E-state index contributed by atoms with van der Waals surface area (Å²) in [5.74, 6) is -0.804. The number of aromatic nitrogens is 1. The topological polar surface area (TPSA) is 49.6 Å². The number of benzene rings is 1. The van der Waals surface area contributed by atoms with Gasteiger partial charge >= 0.3 is 0 Å². The van der Waals surface area contributed by atoms with Crippen LogP contribution in [0.15, 0.2) is 28.8 Å². The monoisotopic (exact) mass is 373 g/mol. The first-order valence-corrected chi connectivity index (χ1v) is 9.45. The number of halogens is 2. The van der Waals surface area contributed by atoms with E-state index in [2.05, 4.69) is 10.1 Å². The third kappa shape index (κ3) is 2.67. The molecule has 1 aromatic carbocycles. The molecule has 1 amide bonds. The lowest BCUT2D eigenvalue weighted by atomic mass is 9.75. The predicted octanol–water partition coefficient (Wildman–Crippen LogP) is 2.96. The molecule has 0 N–H and O–H groups in total. The van der Waals surface area contributed by atoms with E-state index in [0.29, 0.717) is 23.7 Å². The summed E-state index contributed by atoms with van der Waals surface area (Å²) in [7, 11) is 0. The highest BCUT2D eigenvalue weighted by Crippen LogP contribution is 2.47. The summed E-state index contributed by atoms with van der Waals surface area (Å²) in [6.07, 6.45) is 2.09. The first-order chi connectivity index (χ1) is 13.0. The maximum atomic E-state index is 13.9. The van der Waals surface area contributed by atoms with Gasteiger partial charge in [0.15, 0.2) is 0 Å². The molecule has 4 saturated heterocycles. The van der Waals surface area contributed by atoms with Crippen molar-refractivity contribution in [1.29, 1.82) is 0 Å². The van der Waals surface area contributed by atoms with Crippen LogP contribution in [0.5, 0.6) is 0 Å². The second kappa shape index (κ2) is 6.12. The molecular formula is C20H21F2N3O2. The molecule has 2 aromatic rings. The molecule has 4 aliphatic rings. The molecule has 7 heteroatoms. The number of hydrogen-bond donors (Lipinski definition) is 0. The molecule has 1 aromatic heterocycles. The molecular weight excluding hydrogens is 352 g/mol. The SMILES string of the molecule is Cc1cc(C(=O)N2C[C@H](c3cc(F)cc(F)c3)[C@@H]3[C@H]2C2CCN3CC2)on1. The van der Waals surface area contributed by atoms with Gasteiger partial charge in [0, 0.05) is 30.6 Å². The van der Waals surface area contributed by atoms with E-state index in [1.165, 1.54) is 12.1 Å². The van der Waals surface area contributed by atoms with Crippen LogP contribution in [0.4, 0.5) is 8.78 Å². The number of piperidine rings is 3. The number of carbonyl (C=O) groups is 1. The average Bonchev–Trinajstić information content (AvgIpc) is 3.26. The van der Waals surface area contributed by atoms with E-state index in [9.17, 15) is 13.6 Å². The van der Waals surface area contributed by atoms with E-state index in [1.54, 1.807) is 13.0 Å². The fourth-order valence-electron chi connectivity index (χ4n) is 5.34. The summed E-state index contributed by atoms with van der Waals surface area (Å²) in [5.41, 5.74) is 1.28. The van der Waals surface area contributed by atoms with Crippen LogP contribution in [0.2, 0.25) is 0 Å². The first-order valence-electron chi connectivity index (χ1n) is 9.45. The number of fused-ring (bicyclic) bond motifs is 2. The third-order valence-corrected chi connectivity index (χ3v) is 6.41. The van der Waals surface area contributed by atoms with Crippen molar-refractivity contribution in [3.05, 3.63) is 52.9 Å². The maximum Gasteiger partial charge on any atom is 0.292 e. The molecule has 4 fully saturated rings. The second-order valence-electron chi connectivity index (χ2n) is 7.95. The molecule has 6 rings (SSSR count). The molecule has 3 atom stereocenters. The van der Waals surface area contributed by atoms with Crippen molar-refractivity contribution in [3.8, 4) is 0 Å². The zero-order chi connectivity index (χ0) is 18.7. The molecule has 0 radical (unpaired) electrons. The Morgan fingerprint density at radius 3 is 2.44 bits per heavy atom. The van der Waals surface area contributed by atoms with Crippen LogP contribution >= 0.6 is 0 Å². The fourth-order valence-corrected chi connectivity index (χ4v) is 5.34. The summed E-state index contributed by atoms with van der Waals surface area (Å²) >= 11 is 0. The van der Waals surface area contributed by atoms with Gasteiger partial charge in [0.2, 0.25) is 5.76 Å². The predicted molar refractivity (Wildman–Crippen MR) is 93.2 cm³/mol. The lowest BCUT2D eigenvalue weighted by Crippen LogP contribution is -2.60. The summed E-state index contributed by atoms with van der Waals surface area (Å²) < 4.78 is 32.9. The lowest BCUT2D eigenvalue weighted by Gasteiger charge is -2.51. The van der Waals surface area contributed by atoms with Gasteiger partial charge in [-0.1, -0.05) is 5.16 Å². The van der Waals surface area contributed by atoms with Crippen molar-refractivity contribution in [2.24, 2.45) is 5.92 Å². The van der Waals surface area contributed by atoms with Gasteiger partial charge in [-0.05, 0) is 56.5 Å². The van der Waals surface area contributed by atoms with Gasteiger partial charge in [-0.25, -0.2) is 8.78 Å². The highest BCUT2D eigenvalue weighted by Gasteiger charge is 2.55. The Morgan fingerprint density at radius 2 is 1.81 bits per heavy atom. The summed E-state index contributed by atoms with van der Waals surface area (Å²) in [5, 5.41) is 3.83. The average molecular weight is 373 g/mol. The largest absolute Gasteiger partial charge is 0.351 e. The molecule has 4 aliphatic heterocycles. The number of amides is 1. The van der Waals surface area contributed by atoms with Crippen LogP contribution < -0.4 is 0 Å². The Labute approximate surface area is 155 Å². The second-order valence-corrected chi connectivity index (χ2v) is 7.95. The zero-order valence-corrected chi connectivity index (χ0v) is 15.1. The van der Waals surface area contributed by atoms with E-state index in [-0.39, 0.29) is 29.7 Å². The van der Waals surface area contributed by atoms with Crippen molar-refractivity contribution in [2.75, 3.05) is 19.6 Å². The Balaban J connectivity index is 1.54. The van der Waals surface area contributed by atoms with Gasteiger partial charge in [0.05, 0.1) is 11.7 Å². The molecule has 0 unspecified atom stereocenters. The van der Waals surface area contributed by atoms with Crippen molar-refractivity contribution in [1.82, 2.24) is 15.0 Å². The van der Waals surface area contributed by atoms with Crippen LogP contribution in [0.25, 0.3) is 0 Å². The number of nitrogens with zero attached hydrogens (tertiary/aromatic N) is 3. The van der Waals surface area contributed by atoms with E-state index in [1.807, 2.05) is 4.90 Å². The Morgan fingerprint density at radius 1 is 1.11 bits per heavy atom. The normalized spacial score (nSPS) is 32.0. The highest BCUT2D eigenvalue weighted by molar-refractivity contribution is 5.92. The van der Waals surface area contributed by atoms with E-state index in [0.717, 1.165) is 32.0 Å². The van der Waals surface area contributed by atoms with Gasteiger partial charge in [-0.2, -0.15) is 0 Å². The number of likely N-dealkylation sites (tertiary alicyclic amines) is 1. The number of aryl methyl sites for hydroxylation is 1. The van der Waals surface area contributed by atoms with Crippen LogP contribution in [-0.2, 0) is 0 Å². The third-order valence-electron chi connectivity index (χ3n) is 6.41. The Hall–Kier alpha value is -2.28. The number of hydrogen-bond acceptors (Lipinski definition) is 4. The molecule has 2 bridgehead atoms. The zero-order valence-electron chi connectivity index (χ0n) is 15.1. The fraction of sp³-hybridized carbons (Fsp3) is 0.500. The van der Waals surface area contributed by atoms with Gasteiger partial charge in [-0.15, -0.1) is 0 Å². The van der Waals surface area contributed by atoms with Crippen LogP contribution in [0, 0.1) is 24.5 Å². The Bertz CT molecular complexity index is 871. The maximum absolute atomic E-state index is 13.9. The first kappa shape index (κ1) is 16.9. The molecule has 5 heterocycles. The molecule has 0 aliphatic carbocycles. The summed E-state index contributed by atoms with van der Waals surface area (Å²) in [4.78, 5) is 17.4. The van der Waals surface area contributed by atoms with Gasteiger partial charge in [-0.3, -0.25) is 9.69 Å². The Kier molecular flexibility index (Phi) is 3.82. The van der Waals surface area contributed by atoms with Gasteiger partial charge in [0.25, 0.3) is 5.91 Å². The van der Waals surface area contributed by atoms with Crippen molar-refractivity contribution in [2.45, 2.75) is 37.8 Å². The van der Waals surface area contributed by atoms with Gasteiger partial charge in [0.1, 0.15) is 11.6 Å². The molecule has 0 saturated carbocycles. The minimum absolute atomic E-state index is 0.0433. The van der Waals surface area contributed by atoms with Crippen LogP contribution in [-0.4, -0.2) is 52.6 Å². The molecule has 142 valence electrons. The molecule has 5 nitrogen and oxygen atoms in total. The van der Waals surface area contributed by atoms with E-state index < -0.39 is 11.6 Å². The van der Waals surface area contributed by atoms with Crippen molar-refractivity contribution in [3.63, 3.8) is 0 Å². The smallest absolute Gasteiger partial charge is 0.292 e. The van der Waals surface area contributed by atoms with E-state index in [4.69, 9.17) is 4.52 Å². The van der Waals surface area contributed by atoms with E-state index >= 15 is 0 Å². The standard InChI is InChI=1S/C20H21F2N3O2/c1-11-6-17(27-23-11)20(26)25-10-16(13-7-14(21)9-15(22)8-13)19-18(25)12-2-4-24(19)5-3-12/h6-9,12,16,18-19H,2-5,10H2,1H3/t16-,18-,19-/m1/s1. The highest BCUT2D eigenvalue weighted by atomic mass is 19.1. The molecule has 27 heavy (non-hydrogen) atoms. The number of rotatable bonds is 2. The van der Waals surface area contributed by atoms with Gasteiger partial charge < -0.3 is 9.42 Å². The lowest BCUT2D eigenvalue weighted by molar-refractivity contribution is -0.00454. The number of carbonyl (C=O) groups excluding carboxylic acids is 1. The molecule has 0 spiro atoms. The van der Waals surface area contributed by atoms with Crippen LogP contribution in [0.1, 0.15) is 40.6 Å². The van der Waals surface area contributed by atoms with Crippen LogP contribution in [0.3, 0.4) is 0 Å². The quantitative estimate of drug-likeness (QED) is 0.812. The summed E-state index contributed by atoms with van der Waals surface area (Å²) in [6, 6.07) is 5.48. The van der Waals surface area contributed by atoms with Crippen molar-refractivity contribution < 1.29 is 18.1 Å². The summed E-state index contributed by atoms with van der Waals surface area (Å²) in [6.45, 7) is 4.16. The van der Waals surface area contributed by atoms with Crippen molar-refractivity contribution >= 4 is 5.91 Å². The minimum atomic E-state index is -0.576.